The summed E-state index contributed by atoms with van der Waals surface area (Å²) < 4.78 is 9.64. The molecule has 0 aromatic rings. The molecular formula is C10H16O4. The average molecular weight is 200 g/mol. The van der Waals surface area contributed by atoms with E-state index in [0.29, 0.717) is 0 Å². The summed E-state index contributed by atoms with van der Waals surface area (Å²) in [4.78, 5) is 22.0. The third-order valence-electron chi connectivity index (χ3n) is 1.34. The van der Waals surface area contributed by atoms with Crippen molar-refractivity contribution in [3.63, 3.8) is 0 Å². The van der Waals surface area contributed by atoms with Gasteiger partial charge in [-0.2, -0.15) is 0 Å². The molecule has 0 radical (unpaired) electrons. The number of esters is 2. The van der Waals surface area contributed by atoms with E-state index in [1.165, 1.54) is 20.8 Å². The van der Waals surface area contributed by atoms with Crippen molar-refractivity contribution in [2.45, 2.75) is 33.3 Å². The quantitative estimate of drug-likeness (QED) is 0.509. The van der Waals surface area contributed by atoms with Crippen molar-refractivity contribution in [3.05, 3.63) is 12.2 Å². The summed E-state index contributed by atoms with van der Waals surface area (Å²) in [6, 6.07) is 0. The van der Waals surface area contributed by atoms with Gasteiger partial charge >= 0.3 is 11.9 Å². The van der Waals surface area contributed by atoms with Crippen LogP contribution >= 0.6 is 0 Å². The first-order valence-electron chi connectivity index (χ1n) is 4.27. The van der Waals surface area contributed by atoms with Crippen LogP contribution in [0, 0.1) is 0 Å². The van der Waals surface area contributed by atoms with Crippen LogP contribution in [0.15, 0.2) is 12.2 Å². The van der Waals surface area contributed by atoms with Crippen LogP contribution in [0.4, 0.5) is 0 Å². The molecular weight excluding hydrogens is 184 g/mol. The number of hydrogen-bond acceptors (Lipinski definition) is 4. The van der Waals surface area contributed by atoms with E-state index in [2.05, 4.69) is 6.58 Å². The average Bonchev–Trinajstić information content (AvgIpc) is 1.97. The first kappa shape index (κ1) is 12.7. The summed E-state index contributed by atoms with van der Waals surface area (Å²) in [5, 5.41) is 0. The second-order valence-corrected chi connectivity index (χ2v) is 3.64. The zero-order valence-corrected chi connectivity index (χ0v) is 9.05. The molecule has 0 aromatic heterocycles. The molecule has 0 unspecified atom stereocenters. The first-order valence-corrected chi connectivity index (χ1v) is 4.27. The Kier molecular flexibility index (Phi) is 4.34. The van der Waals surface area contributed by atoms with E-state index in [1.54, 1.807) is 6.92 Å². The second kappa shape index (κ2) is 4.79. The van der Waals surface area contributed by atoms with Crippen molar-refractivity contribution < 1.29 is 19.1 Å². The molecule has 0 aromatic carbocycles. The maximum Gasteiger partial charge on any atom is 0.350 e. The highest BCUT2D eigenvalue weighted by Gasteiger charge is 2.32. The Balaban J connectivity index is 4.21. The van der Waals surface area contributed by atoms with Gasteiger partial charge in [-0.3, -0.25) is 4.79 Å². The largest absolute Gasteiger partial charge is 0.458 e. The fourth-order valence-electron chi connectivity index (χ4n) is 0.764. The van der Waals surface area contributed by atoms with Gasteiger partial charge in [0.1, 0.15) is 6.61 Å². The summed E-state index contributed by atoms with van der Waals surface area (Å²) in [7, 11) is 0. The molecule has 0 saturated heterocycles. The zero-order valence-electron chi connectivity index (χ0n) is 9.05. The van der Waals surface area contributed by atoms with Crippen molar-refractivity contribution in [1.29, 1.82) is 0 Å². The van der Waals surface area contributed by atoms with Gasteiger partial charge in [0.15, 0.2) is 0 Å². The summed E-state index contributed by atoms with van der Waals surface area (Å²) in [6.45, 7) is 9.68. The standard InChI is InChI=1S/C10H16O4/c1-7(2)6-13-9(12)10(4,5)14-8(3)11/h1,6H2,2-5H3. The Hall–Kier alpha value is -1.32. The molecule has 0 heterocycles. The molecule has 0 amide bonds. The van der Waals surface area contributed by atoms with Gasteiger partial charge in [-0.05, 0) is 26.3 Å². The lowest BCUT2D eigenvalue weighted by Crippen LogP contribution is -2.38. The van der Waals surface area contributed by atoms with E-state index in [4.69, 9.17) is 9.47 Å². The maximum atomic E-state index is 11.4. The van der Waals surface area contributed by atoms with E-state index in [0.717, 1.165) is 5.57 Å². The maximum absolute atomic E-state index is 11.4. The van der Waals surface area contributed by atoms with Crippen LogP contribution in [-0.2, 0) is 19.1 Å². The Morgan fingerprint density at radius 3 is 2.14 bits per heavy atom. The van der Waals surface area contributed by atoms with E-state index < -0.39 is 17.5 Å². The van der Waals surface area contributed by atoms with Crippen LogP contribution in [-0.4, -0.2) is 24.1 Å². The van der Waals surface area contributed by atoms with Crippen LogP contribution in [0.5, 0.6) is 0 Å². The summed E-state index contributed by atoms with van der Waals surface area (Å²) in [6.07, 6.45) is 0. The van der Waals surface area contributed by atoms with Crippen molar-refractivity contribution in [1.82, 2.24) is 0 Å². The fourth-order valence-corrected chi connectivity index (χ4v) is 0.764. The summed E-state index contributed by atoms with van der Waals surface area (Å²) in [5.74, 6) is -1.09. The number of hydrogen-bond donors (Lipinski definition) is 0. The van der Waals surface area contributed by atoms with E-state index >= 15 is 0 Å². The van der Waals surface area contributed by atoms with Crippen LogP contribution in [0.1, 0.15) is 27.7 Å². The molecule has 4 nitrogen and oxygen atoms in total. The minimum atomic E-state index is -1.23. The van der Waals surface area contributed by atoms with Gasteiger partial charge in [0, 0.05) is 6.92 Å². The van der Waals surface area contributed by atoms with Crippen LogP contribution in [0.2, 0.25) is 0 Å². The predicted molar refractivity (Wildman–Crippen MR) is 51.6 cm³/mol. The topological polar surface area (TPSA) is 52.6 Å². The molecule has 0 aliphatic carbocycles. The van der Waals surface area contributed by atoms with Crippen molar-refractivity contribution in [2.75, 3.05) is 6.61 Å². The number of ether oxygens (including phenoxy) is 2. The Bertz CT molecular complexity index is 253. The van der Waals surface area contributed by atoms with E-state index in [-0.39, 0.29) is 6.61 Å². The molecule has 80 valence electrons. The number of carbonyl (C=O) groups is 2. The normalized spacial score (nSPS) is 10.6. The van der Waals surface area contributed by atoms with Gasteiger partial charge in [-0.15, -0.1) is 0 Å². The third kappa shape index (κ3) is 4.64. The molecule has 0 spiro atoms. The summed E-state index contributed by atoms with van der Waals surface area (Å²) >= 11 is 0. The monoisotopic (exact) mass is 200 g/mol. The zero-order chi connectivity index (χ0) is 11.4. The molecule has 0 aliphatic heterocycles. The predicted octanol–water partition coefficient (Wildman–Crippen LogP) is 1.45. The third-order valence-corrected chi connectivity index (χ3v) is 1.34. The molecule has 0 bridgehead atoms. The minimum absolute atomic E-state index is 0.142. The Morgan fingerprint density at radius 2 is 1.79 bits per heavy atom. The van der Waals surface area contributed by atoms with E-state index in [9.17, 15) is 9.59 Å². The van der Waals surface area contributed by atoms with Crippen molar-refractivity contribution >= 4 is 11.9 Å². The van der Waals surface area contributed by atoms with Crippen molar-refractivity contribution in [3.8, 4) is 0 Å². The lowest BCUT2D eigenvalue weighted by molar-refractivity contribution is -0.176. The highest BCUT2D eigenvalue weighted by atomic mass is 16.6. The van der Waals surface area contributed by atoms with Gasteiger partial charge in [0.25, 0.3) is 0 Å². The molecule has 0 fully saturated rings. The Labute approximate surface area is 83.9 Å². The lowest BCUT2D eigenvalue weighted by Gasteiger charge is -2.22. The van der Waals surface area contributed by atoms with Gasteiger partial charge < -0.3 is 9.47 Å². The molecule has 4 heteroatoms. The molecule has 0 atom stereocenters. The van der Waals surface area contributed by atoms with Crippen LogP contribution in [0.3, 0.4) is 0 Å². The van der Waals surface area contributed by atoms with Gasteiger partial charge in [0.05, 0.1) is 0 Å². The fraction of sp³-hybridized carbons (Fsp3) is 0.600. The second-order valence-electron chi connectivity index (χ2n) is 3.64. The van der Waals surface area contributed by atoms with Gasteiger partial charge in [0.2, 0.25) is 5.60 Å². The lowest BCUT2D eigenvalue weighted by atomic mass is 10.1. The van der Waals surface area contributed by atoms with Crippen LogP contribution in [0.25, 0.3) is 0 Å². The molecule has 0 N–H and O–H groups in total. The number of rotatable bonds is 4. The van der Waals surface area contributed by atoms with Crippen molar-refractivity contribution in [2.24, 2.45) is 0 Å². The first-order chi connectivity index (χ1) is 6.25. The van der Waals surface area contributed by atoms with Gasteiger partial charge in [-0.1, -0.05) is 6.58 Å². The molecule has 0 aliphatic rings. The van der Waals surface area contributed by atoms with Crippen LogP contribution < -0.4 is 0 Å². The number of carbonyl (C=O) groups excluding carboxylic acids is 2. The molecule has 0 saturated carbocycles. The highest BCUT2D eigenvalue weighted by Crippen LogP contribution is 2.12. The highest BCUT2D eigenvalue weighted by molar-refractivity contribution is 5.82. The molecule has 14 heavy (non-hydrogen) atoms. The van der Waals surface area contributed by atoms with E-state index in [1.807, 2.05) is 0 Å². The van der Waals surface area contributed by atoms with Gasteiger partial charge in [-0.25, -0.2) is 4.79 Å². The Morgan fingerprint density at radius 1 is 1.29 bits per heavy atom. The smallest absolute Gasteiger partial charge is 0.350 e. The SMILES string of the molecule is C=C(C)COC(=O)C(C)(C)OC(C)=O. The molecule has 0 rings (SSSR count). The minimum Gasteiger partial charge on any atom is -0.458 e. The summed E-state index contributed by atoms with van der Waals surface area (Å²) in [5.41, 5.74) is -0.502.